The Morgan fingerprint density at radius 2 is 1.90 bits per heavy atom. The van der Waals surface area contributed by atoms with Crippen molar-refractivity contribution in [3.05, 3.63) is 77.6 Å². The maximum Gasteiger partial charge on any atom is 0.262 e. The number of ether oxygens (including phenoxy) is 3. The molecular weight excluding hydrogens is 375 g/mol. The van der Waals surface area contributed by atoms with Gasteiger partial charge in [0.25, 0.3) is 5.91 Å². The number of halogens is 1. The molecule has 0 spiro atoms. The smallest absolute Gasteiger partial charge is 0.262 e. The first-order valence-corrected chi connectivity index (χ1v) is 9.08. The van der Waals surface area contributed by atoms with Crippen molar-refractivity contribution in [2.45, 2.75) is 6.17 Å². The molecule has 0 fully saturated rings. The van der Waals surface area contributed by atoms with Gasteiger partial charge >= 0.3 is 0 Å². The van der Waals surface area contributed by atoms with Crippen molar-refractivity contribution in [1.29, 1.82) is 0 Å². The van der Waals surface area contributed by atoms with E-state index in [-0.39, 0.29) is 18.5 Å². The van der Waals surface area contributed by atoms with Crippen molar-refractivity contribution in [2.75, 3.05) is 24.1 Å². The molecule has 0 saturated carbocycles. The molecule has 6 nitrogen and oxygen atoms in total. The SMILES string of the molecule is COc1cc([C@@H]2Nc3ccccc3C(=O)N2c2ccc(F)cc2)cc2c1OCO2. The van der Waals surface area contributed by atoms with Crippen LogP contribution in [0.25, 0.3) is 0 Å². The van der Waals surface area contributed by atoms with Gasteiger partial charge in [-0.3, -0.25) is 9.69 Å². The van der Waals surface area contributed by atoms with Crippen LogP contribution in [0.5, 0.6) is 17.2 Å². The van der Waals surface area contributed by atoms with E-state index in [4.69, 9.17) is 14.2 Å². The lowest BCUT2D eigenvalue weighted by molar-refractivity contribution is 0.0974. The summed E-state index contributed by atoms with van der Waals surface area (Å²) in [6.07, 6.45) is -0.550. The summed E-state index contributed by atoms with van der Waals surface area (Å²) >= 11 is 0. The van der Waals surface area contributed by atoms with Gasteiger partial charge in [0.05, 0.1) is 12.7 Å². The second-order valence-electron chi connectivity index (χ2n) is 6.70. The molecule has 1 atom stereocenters. The minimum Gasteiger partial charge on any atom is -0.493 e. The van der Waals surface area contributed by atoms with Crippen LogP contribution < -0.4 is 24.4 Å². The summed E-state index contributed by atoms with van der Waals surface area (Å²) in [6.45, 7) is 0.108. The van der Waals surface area contributed by atoms with Gasteiger partial charge in [-0.1, -0.05) is 12.1 Å². The van der Waals surface area contributed by atoms with Crippen LogP contribution in [-0.4, -0.2) is 19.8 Å². The number of methoxy groups -OCH3 is 1. The summed E-state index contributed by atoms with van der Waals surface area (Å²) in [5.74, 6) is 1.04. The molecule has 0 bridgehead atoms. The molecule has 0 aromatic heterocycles. The summed E-state index contributed by atoms with van der Waals surface area (Å²) in [5.41, 5.74) is 2.58. The van der Waals surface area contributed by atoms with Gasteiger partial charge in [-0.2, -0.15) is 0 Å². The van der Waals surface area contributed by atoms with E-state index in [9.17, 15) is 9.18 Å². The number of carbonyl (C=O) groups excluding carboxylic acids is 1. The first-order valence-electron chi connectivity index (χ1n) is 9.08. The Labute approximate surface area is 166 Å². The zero-order valence-corrected chi connectivity index (χ0v) is 15.5. The van der Waals surface area contributed by atoms with Crippen LogP contribution in [0.3, 0.4) is 0 Å². The van der Waals surface area contributed by atoms with Gasteiger partial charge in [-0.05, 0) is 48.5 Å². The Kier molecular flexibility index (Phi) is 4.01. The fourth-order valence-electron chi connectivity index (χ4n) is 3.66. The van der Waals surface area contributed by atoms with E-state index in [1.165, 1.54) is 12.1 Å². The number of anilines is 2. The molecule has 3 aromatic rings. The number of hydrogen-bond donors (Lipinski definition) is 1. The fraction of sp³-hybridized carbons (Fsp3) is 0.136. The second kappa shape index (κ2) is 6.70. The summed E-state index contributed by atoms with van der Waals surface area (Å²) in [5, 5.41) is 3.41. The van der Waals surface area contributed by atoms with Gasteiger partial charge in [0.15, 0.2) is 11.5 Å². The van der Waals surface area contributed by atoms with Crippen molar-refractivity contribution in [2.24, 2.45) is 0 Å². The number of rotatable bonds is 3. The largest absolute Gasteiger partial charge is 0.493 e. The van der Waals surface area contributed by atoms with Crippen LogP contribution >= 0.6 is 0 Å². The Morgan fingerprint density at radius 1 is 1.10 bits per heavy atom. The maximum absolute atomic E-state index is 13.5. The molecule has 2 aliphatic heterocycles. The first kappa shape index (κ1) is 17.4. The number of benzene rings is 3. The molecule has 0 radical (unpaired) electrons. The van der Waals surface area contributed by atoms with Crippen LogP contribution in [-0.2, 0) is 0 Å². The van der Waals surface area contributed by atoms with E-state index < -0.39 is 6.17 Å². The number of nitrogens with zero attached hydrogens (tertiary/aromatic N) is 1. The van der Waals surface area contributed by atoms with Crippen LogP contribution in [0.1, 0.15) is 22.1 Å². The molecule has 5 rings (SSSR count). The Bertz CT molecular complexity index is 1100. The van der Waals surface area contributed by atoms with Gasteiger partial charge in [-0.15, -0.1) is 0 Å². The number of para-hydroxylation sites is 1. The zero-order valence-electron chi connectivity index (χ0n) is 15.5. The lowest BCUT2D eigenvalue weighted by Gasteiger charge is -2.38. The Hall–Kier alpha value is -3.74. The monoisotopic (exact) mass is 392 g/mol. The number of amides is 1. The summed E-state index contributed by atoms with van der Waals surface area (Å²) in [7, 11) is 1.55. The topological polar surface area (TPSA) is 60.0 Å². The van der Waals surface area contributed by atoms with E-state index in [2.05, 4.69) is 5.32 Å². The molecule has 2 heterocycles. The maximum atomic E-state index is 13.5. The normalized spacial score (nSPS) is 17.0. The third kappa shape index (κ3) is 2.82. The van der Waals surface area contributed by atoms with Crippen LogP contribution in [0, 0.1) is 5.82 Å². The van der Waals surface area contributed by atoms with Crippen LogP contribution in [0.2, 0.25) is 0 Å². The molecule has 1 amide bonds. The minimum absolute atomic E-state index is 0.108. The van der Waals surface area contributed by atoms with Crippen molar-refractivity contribution < 1.29 is 23.4 Å². The molecule has 0 unspecified atom stereocenters. The van der Waals surface area contributed by atoms with Gasteiger partial charge < -0.3 is 19.5 Å². The summed E-state index contributed by atoms with van der Waals surface area (Å²) < 4.78 is 30.0. The quantitative estimate of drug-likeness (QED) is 0.719. The van der Waals surface area contributed by atoms with E-state index in [0.29, 0.717) is 28.5 Å². The number of nitrogens with one attached hydrogen (secondary N) is 1. The van der Waals surface area contributed by atoms with E-state index in [1.807, 2.05) is 30.3 Å². The highest BCUT2D eigenvalue weighted by molar-refractivity contribution is 6.12. The number of hydrogen-bond acceptors (Lipinski definition) is 5. The molecule has 7 heteroatoms. The Balaban J connectivity index is 1.67. The molecule has 146 valence electrons. The first-order chi connectivity index (χ1) is 14.2. The van der Waals surface area contributed by atoms with Crippen molar-refractivity contribution in [1.82, 2.24) is 0 Å². The van der Waals surface area contributed by atoms with Gasteiger partial charge in [0.2, 0.25) is 12.5 Å². The molecule has 29 heavy (non-hydrogen) atoms. The predicted octanol–water partition coefficient (Wildman–Crippen LogP) is 4.33. The third-order valence-corrected chi connectivity index (χ3v) is 5.03. The summed E-state index contributed by atoms with van der Waals surface area (Å²) in [4.78, 5) is 15.0. The number of carbonyl (C=O) groups is 1. The van der Waals surface area contributed by atoms with Crippen molar-refractivity contribution in [3.8, 4) is 17.2 Å². The van der Waals surface area contributed by atoms with Gasteiger partial charge in [-0.25, -0.2) is 4.39 Å². The van der Waals surface area contributed by atoms with Crippen LogP contribution in [0.15, 0.2) is 60.7 Å². The number of fused-ring (bicyclic) bond motifs is 2. The molecule has 3 aromatic carbocycles. The third-order valence-electron chi connectivity index (χ3n) is 5.03. The Morgan fingerprint density at radius 3 is 2.69 bits per heavy atom. The standard InChI is InChI=1S/C22H17FN2O4/c1-27-18-10-13(11-19-20(18)29-12-28-19)21-24-17-5-3-2-4-16(17)22(26)25(21)15-8-6-14(23)7-9-15/h2-11,21,24H,12H2,1H3/t21-/m1/s1. The molecule has 2 aliphatic rings. The van der Waals surface area contributed by atoms with Crippen molar-refractivity contribution in [3.63, 3.8) is 0 Å². The molecule has 0 saturated heterocycles. The lowest BCUT2D eigenvalue weighted by atomic mass is 10.0. The van der Waals surface area contributed by atoms with Gasteiger partial charge in [0, 0.05) is 16.9 Å². The molecular formula is C22H17FN2O4. The highest BCUT2D eigenvalue weighted by Gasteiger charge is 2.35. The minimum atomic E-state index is -0.550. The van der Waals surface area contributed by atoms with E-state index in [1.54, 1.807) is 30.2 Å². The lowest BCUT2D eigenvalue weighted by Crippen LogP contribution is -2.43. The average Bonchev–Trinajstić information content (AvgIpc) is 3.23. The summed E-state index contributed by atoms with van der Waals surface area (Å²) in [6, 6.07) is 16.8. The molecule has 0 aliphatic carbocycles. The van der Waals surface area contributed by atoms with Crippen LogP contribution in [0.4, 0.5) is 15.8 Å². The van der Waals surface area contributed by atoms with Crippen molar-refractivity contribution >= 4 is 17.3 Å². The molecule has 1 N–H and O–H groups in total. The predicted molar refractivity (Wildman–Crippen MR) is 105 cm³/mol. The van der Waals surface area contributed by atoms with Gasteiger partial charge in [0.1, 0.15) is 12.0 Å². The highest BCUT2D eigenvalue weighted by atomic mass is 19.1. The zero-order chi connectivity index (χ0) is 20.0. The average molecular weight is 392 g/mol. The second-order valence-corrected chi connectivity index (χ2v) is 6.70. The van der Waals surface area contributed by atoms with E-state index in [0.717, 1.165) is 11.3 Å². The highest BCUT2D eigenvalue weighted by Crippen LogP contribution is 2.45. The van der Waals surface area contributed by atoms with E-state index >= 15 is 0 Å². The fourth-order valence-corrected chi connectivity index (χ4v) is 3.66.